The van der Waals surface area contributed by atoms with Gasteiger partial charge in [0.2, 0.25) is 0 Å². The third kappa shape index (κ3) is 7.49. The molecule has 0 bridgehead atoms. The molecular formula is C31H42O4. The highest BCUT2D eigenvalue weighted by molar-refractivity contribution is 5.67. The average Bonchev–Trinajstić information content (AvgIpc) is 2.89. The number of carbonyl (C=O) groups is 1. The van der Waals surface area contributed by atoms with Crippen molar-refractivity contribution in [2.45, 2.75) is 90.6 Å². The van der Waals surface area contributed by atoms with Crippen molar-refractivity contribution in [2.24, 2.45) is 17.8 Å². The molecule has 2 aliphatic carbocycles. The van der Waals surface area contributed by atoms with Crippen LogP contribution in [0.25, 0.3) is 11.1 Å². The maximum Gasteiger partial charge on any atom is 0.514 e. The van der Waals surface area contributed by atoms with Gasteiger partial charge in [-0.1, -0.05) is 63.8 Å². The van der Waals surface area contributed by atoms with Crippen LogP contribution in [0, 0.1) is 17.8 Å². The number of benzene rings is 2. The van der Waals surface area contributed by atoms with E-state index in [1.54, 1.807) is 0 Å². The molecule has 2 fully saturated rings. The van der Waals surface area contributed by atoms with Crippen molar-refractivity contribution in [1.82, 2.24) is 0 Å². The Hall–Kier alpha value is -2.49. The molecule has 2 aromatic rings. The molecule has 0 amide bonds. The first kappa shape index (κ1) is 25.6. The molecule has 0 spiro atoms. The van der Waals surface area contributed by atoms with E-state index in [9.17, 15) is 4.79 Å². The van der Waals surface area contributed by atoms with Gasteiger partial charge < -0.3 is 14.2 Å². The van der Waals surface area contributed by atoms with Gasteiger partial charge in [0.05, 0.1) is 6.61 Å². The maximum atomic E-state index is 12.4. The van der Waals surface area contributed by atoms with Crippen LogP contribution in [-0.4, -0.2) is 18.9 Å². The second kappa shape index (κ2) is 13.0. The number of hydrogen-bond acceptors (Lipinski definition) is 4. The highest BCUT2D eigenvalue weighted by atomic mass is 16.7. The Morgan fingerprint density at radius 2 is 1.26 bits per heavy atom. The van der Waals surface area contributed by atoms with Gasteiger partial charge in [0.1, 0.15) is 17.6 Å². The van der Waals surface area contributed by atoms with E-state index in [-0.39, 0.29) is 6.10 Å². The minimum atomic E-state index is -0.585. The summed E-state index contributed by atoms with van der Waals surface area (Å²) < 4.78 is 16.8. The van der Waals surface area contributed by atoms with Crippen molar-refractivity contribution in [2.75, 3.05) is 6.61 Å². The predicted octanol–water partition coefficient (Wildman–Crippen LogP) is 8.82. The lowest BCUT2D eigenvalue weighted by molar-refractivity contribution is 0.0238. The number of carbonyl (C=O) groups excluding carboxylic acids is 1. The van der Waals surface area contributed by atoms with Crippen LogP contribution >= 0.6 is 0 Å². The molecule has 4 rings (SSSR count). The first-order valence-corrected chi connectivity index (χ1v) is 13.9. The second-order valence-electron chi connectivity index (χ2n) is 10.5. The zero-order chi connectivity index (χ0) is 24.5. The van der Waals surface area contributed by atoms with E-state index < -0.39 is 6.16 Å². The summed E-state index contributed by atoms with van der Waals surface area (Å²) in [6.07, 6.45) is 13.0. The minimum Gasteiger partial charge on any atom is -0.494 e. The van der Waals surface area contributed by atoms with Crippen LogP contribution in [0.5, 0.6) is 11.5 Å². The van der Waals surface area contributed by atoms with E-state index in [4.69, 9.17) is 14.2 Å². The van der Waals surface area contributed by atoms with Gasteiger partial charge in [0, 0.05) is 0 Å². The molecule has 0 aliphatic heterocycles. The highest BCUT2D eigenvalue weighted by Crippen LogP contribution is 2.41. The van der Waals surface area contributed by atoms with E-state index in [1.165, 1.54) is 51.4 Å². The molecule has 0 unspecified atom stereocenters. The fraction of sp³-hybridized carbons (Fsp3) is 0.581. The summed E-state index contributed by atoms with van der Waals surface area (Å²) in [5.74, 6) is 4.05. The molecule has 2 aliphatic rings. The quantitative estimate of drug-likeness (QED) is 0.267. The SMILES string of the molecule is CCCOc1ccc(-c2ccc(OC(=O)OC3CCC(C4CCC(CCC)CC4)CC3)cc2)cc1. The van der Waals surface area contributed by atoms with Gasteiger partial charge in [-0.3, -0.25) is 0 Å². The Bertz CT molecular complexity index is 889. The van der Waals surface area contributed by atoms with Crippen LogP contribution in [0.15, 0.2) is 48.5 Å². The molecule has 4 heteroatoms. The number of ether oxygens (including phenoxy) is 3. The molecule has 35 heavy (non-hydrogen) atoms. The first-order chi connectivity index (χ1) is 17.1. The van der Waals surface area contributed by atoms with Gasteiger partial charge in [-0.15, -0.1) is 0 Å². The minimum absolute atomic E-state index is 0.0112. The Balaban J connectivity index is 1.19. The predicted molar refractivity (Wildman–Crippen MR) is 141 cm³/mol. The third-order valence-electron chi connectivity index (χ3n) is 7.95. The van der Waals surface area contributed by atoms with Crippen molar-refractivity contribution >= 4 is 6.16 Å². The van der Waals surface area contributed by atoms with Crippen LogP contribution < -0.4 is 9.47 Å². The molecular weight excluding hydrogens is 436 g/mol. The smallest absolute Gasteiger partial charge is 0.494 e. The number of rotatable bonds is 9. The van der Waals surface area contributed by atoms with E-state index in [1.807, 2.05) is 48.5 Å². The average molecular weight is 479 g/mol. The Morgan fingerprint density at radius 3 is 1.80 bits per heavy atom. The standard InChI is InChI=1S/C31H42O4/c1-3-5-23-6-8-24(9-7-23)26-12-18-29(19-13-26)34-31(32)35-30-20-14-27(15-21-30)25-10-16-28(17-11-25)33-22-4-2/h10-11,14-17,20-21,23-24,26,29H,3-9,12-13,18-19,22H2,1-2H3. The molecule has 0 atom stereocenters. The van der Waals surface area contributed by atoms with Crippen molar-refractivity contribution in [3.8, 4) is 22.6 Å². The van der Waals surface area contributed by atoms with Gasteiger partial charge in [-0.05, 0) is 98.1 Å². The van der Waals surface area contributed by atoms with Crippen LogP contribution in [0.3, 0.4) is 0 Å². The Morgan fingerprint density at radius 1 is 0.714 bits per heavy atom. The lowest BCUT2D eigenvalue weighted by Gasteiger charge is -2.37. The van der Waals surface area contributed by atoms with Crippen molar-refractivity contribution < 1.29 is 19.0 Å². The summed E-state index contributed by atoms with van der Waals surface area (Å²) in [5, 5.41) is 0. The monoisotopic (exact) mass is 478 g/mol. The molecule has 2 aromatic carbocycles. The van der Waals surface area contributed by atoms with Crippen molar-refractivity contribution in [3.05, 3.63) is 48.5 Å². The summed E-state index contributed by atoms with van der Waals surface area (Å²) >= 11 is 0. The number of hydrogen-bond donors (Lipinski definition) is 0. The summed E-state index contributed by atoms with van der Waals surface area (Å²) in [7, 11) is 0. The second-order valence-corrected chi connectivity index (χ2v) is 10.5. The summed E-state index contributed by atoms with van der Waals surface area (Å²) in [5.41, 5.74) is 2.16. The van der Waals surface area contributed by atoms with Crippen LogP contribution in [-0.2, 0) is 4.74 Å². The topological polar surface area (TPSA) is 44.8 Å². The largest absolute Gasteiger partial charge is 0.514 e. The van der Waals surface area contributed by atoms with Gasteiger partial charge >= 0.3 is 6.16 Å². The zero-order valence-electron chi connectivity index (χ0n) is 21.5. The molecule has 0 saturated heterocycles. The molecule has 0 aromatic heterocycles. The molecule has 0 heterocycles. The Kier molecular flexibility index (Phi) is 9.50. The fourth-order valence-corrected chi connectivity index (χ4v) is 5.97. The molecule has 0 N–H and O–H groups in total. The maximum absolute atomic E-state index is 12.4. The summed E-state index contributed by atoms with van der Waals surface area (Å²) in [4.78, 5) is 12.4. The van der Waals surface area contributed by atoms with E-state index in [0.29, 0.717) is 5.75 Å². The highest BCUT2D eigenvalue weighted by Gasteiger charge is 2.32. The normalized spacial score (nSPS) is 24.5. The van der Waals surface area contributed by atoms with Crippen LogP contribution in [0.4, 0.5) is 4.79 Å². The van der Waals surface area contributed by atoms with E-state index in [2.05, 4.69) is 13.8 Å². The molecule has 0 radical (unpaired) electrons. The summed E-state index contributed by atoms with van der Waals surface area (Å²) in [6, 6.07) is 15.6. The molecule has 190 valence electrons. The van der Waals surface area contributed by atoms with Gasteiger partial charge in [-0.2, -0.15) is 0 Å². The molecule has 2 saturated carbocycles. The first-order valence-electron chi connectivity index (χ1n) is 13.9. The zero-order valence-corrected chi connectivity index (χ0v) is 21.5. The van der Waals surface area contributed by atoms with Crippen LogP contribution in [0.2, 0.25) is 0 Å². The lowest BCUT2D eigenvalue weighted by atomic mass is 9.70. The van der Waals surface area contributed by atoms with Crippen LogP contribution in [0.1, 0.15) is 84.5 Å². The van der Waals surface area contributed by atoms with Crippen molar-refractivity contribution in [1.29, 1.82) is 0 Å². The van der Waals surface area contributed by atoms with E-state index >= 15 is 0 Å². The van der Waals surface area contributed by atoms with Crippen molar-refractivity contribution in [3.63, 3.8) is 0 Å². The van der Waals surface area contributed by atoms with Gasteiger partial charge in [0.15, 0.2) is 0 Å². The molecule has 4 nitrogen and oxygen atoms in total. The lowest BCUT2D eigenvalue weighted by Crippen LogP contribution is -2.30. The Labute approximate surface area is 211 Å². The van der Waals surface area contributed by atoms with E-state index in [0.717, 1.165) is 60.5 Å². The summed E-state index contributed by atoms with van der Waals surface area (Å²) in [6.45, 7) is 5.12. The fourth-order valence-electron chi connectivity index (χ4n) is 5.97. The van der Waals surface area contributed by atoms with Gasteiger partial charge in [0.25, 0.3) is 0 Å². The van der Waals surface area contributed by atoms with Gasteiger partial charge in [-0.25, -0.2) is 4.79 Å². The third-order valence-corrected chi connectivity index (χ3v) is 7.95.